The molecule has 25 heavy (non-hydrogen) atoms. The maximum atomic E-state index is 12.2. The zero-order chi connectivity index (χ0) is 18.3. The third-order valence-electron chi connectivity index (χ3n) is 3.15. The largest absolute Gasteiger partial charge is 0.339 e. The first kappa shape index (κ1) is 19.8. The Bertz CT molecular complexity index is 653. The number of carbonyl (C=O) groups is 1. The number of nitrogens with one attached hydrogen (secondary N) is 3. The molecule has 0 aliphatic carbocycles. The summed E-state index contributed by atoms with van der Waals surface area (Å²) >= 11 is 23.1. The summed E-state index contributed by atoms with van der Waals surface area (Å²) in [6.07, 6.45) is -0.823. The van der Waals surface area contributed by atoms with Gasteiger partial charge in [-0.3, -0.25) is 4.79 Å². The van der Waals surface area contributed by atoms with E-state index in [0.717, 1.165) is 11.3 Å². The van der Waals surface area contributed by atoms with Gasteiger partial charge in [0, 0.05) is 5.69 Å². The number of benzene rings is 2. The summed E-state index contributed by atoms with van der Waals surface area (Å²) in [5, 5.41) is 8.65. The fourth-order valence-corrected chi connectivity index (χ4v) is 2.58. The van der Waals surface area contributed by atoms with Crippen molar-refractivity contribution in [1.29, 1.82) is 0 Å². The van der Waals surface area contributed by atoms with Crippen LogP contribution in [0.3, 0.4) is 0 Å². The van der Waals surface area contributed by atoms with Crippen LogP contribution in [0.5, 0.6) is 0 Å². The highest BCUT2D eigenvalue weighted by molar-refractivity contribution is 7.80. The highest BCUT2D eigenvalue weighted by Gasteiger charge is 2.34. The van der Waals surface area contributed by atoms with Crippen LogP contribution in [0.25, 0.3) is 0 Å². The normalized spacial score (nSPS) is 12.1. The molecular formula is C17H16Cl3N3OS. The van der Waals surface area contributed by atoms with Gasteiger partial charge in [-0.1, -0.05) is 83.3 Å². The fraction of sp³-hybridized carbons (Fsp3) is 0.176. The Morgan fingerprint density at radius 2 is 1.52 bits per heavy atom. The topological polar surface area (TPSA) is 53.2 Å². The van der Waals surface area contributed by atoms with Crippen molar-refractivity contribution in [3.05, 3.63) is 66.2 Å². The van der Waals surface area contributed by atoms with Gasteiger partial charge in [-0.15, -0.1) is 0 Å². The van der Waals surface area contributed by atoms with Crippen molar-refractivity contribution < 1.29 is 4.79 Å². The summed E-state index contributed by atoms with van der Waals surface area (Å²) in [6.45, 7) is 0. The van der Waals surface area contributed by atoms with Gasteiger partial charge in [0.05, 0.1) is 6.42 Å². The molecule has 0 spiro atoms. The minimum absolute atomic E-state index is 0.165. The van der Waals surface area contributed by atoms with E-state index in [4.69, 9.17) is 47.0 Å². The second-order valence-electron chi connectivity index (χ2n) is 5.17. The highest BCUT2D eigenvalue weighted by Crippen LogP contribution is 2.29. The monoisotopic (exact) mass is 415 g/mol. The molecule has 1 atom stereocenters. The van der Waals surface area contributed by atoms with E-state index in [-0.39, 0.29) is 17.4 Å². The van der Waals surface area contributed by atoms with Gasteiger partial charge in [0.2, 0.25) is 9.70 Å². The minimum Gasteiger partial charge on any atom is -0.339 e. The summed E-state index contributed by atoms with van der Waals surface area (Å²) in [7, 11) is 0. The lowest BCUT2D eigenvalue weighted by molar-refractivity contribution is -0.121. The first-order valence-corrected chi connectivity index (χ1v) is 8.91. The Balaban J connectivity index is 1.96. The molecule has 2 aromatic carbocycles. The maximum absolute atomic E-state index is 12.2. The van der Waals surface area contributed by atoms with Crippen molar-refractivity contribution in [3.8, 4) is 0 Å². The first-order valence-electron chi connectivity index (χ1n) is 7.37. The number of amides is 1. The molecule has 0 aliphatic heterocycles. The molecule has 2 aromatic rings. The van der Waals surface area contributed by atoms with Gasteiger partial charge in [0.25, 0.3) is 0 Å². The summed E-state index contributed by atoms with van der Waals surface area (Å²) in [5.74, 6) is -0.294. The SMILES string of the molecule is O=C(Cc1ccccc1)NC(NC(=S)Nc1ccccc1)C(Cl)(Cl)Cl. The number of halogens is 3. The van der Waals surface area contributed by atoms with Crippen molar-refractivity contribution in [3.63, 3.8) is 0 Å². The lowest BCUT2D eigenvalue weighted by Crippen LogP contribution is -2.56. The molecule has 0 aliphatic rings. The van der Waals surface area contributed by atoms with Crippen LogP contribution in [0.2, 0.25) is 0 Å². The average molecular weight is 417 g/mol. The Kier molecular flexibility index (Phi) is 7.32. The quantitative estimate of drug-likeness (QED) is 0.391. The Morgan fingerprint density at radius 3 is 2.08 bits per heavy atom. The fourth-order valence-electron chi connectivity index (χ4n) is 2.01. The Morgan fingerprint density at radius 1 is 0.960 bits per heavy atom. The van der Waals surface area contributed by atoms with Crippen molar-refractivity contribution in [2.24, 2.45) is 0 Å². The van der Waals surface area contributed by atoms with Crippen molar-refractivity contribution in [1.82, 2.24) is 10.6 Å². The van der Waals surface area contributed by atoms with Crippen LogP contribution in [0.15, 0.2) is 60.7 Å². The molecule has 0 radical (unpaired) electrons. The first-order chi connectivity index (χ1) is 11.8. The van der Waals surface area contributed by atoms with Crippen molar-refractivity contribution >= 4 is 63.7 Å². The standard InChI is InChI=1S/C17H16Cl3N3OS/c18-17(19,20)15(22-14(24)11-12-7-3-1-4-8-12)23-16(25)21-13-9-5-2-6-10-13/h1-10,15H,11H2,(H,22,24)(H2,21,23,25). The van der Waals surface area contributed by atoms with Crippen LogP contribution >= 0.6 is 47.0 Å². The minimum atomic E-state index is -1.78. The summed E-state index contributed by atoms with van der Waals surface area (Å²) < 4.78 is -1.78. The van der Waals surface area contributed by atoms with E-state index >= 15 is 0 Å². The predicted molar refractivity (Wildman–Crippen MR) is 108 cm³/mol. The van der Waals surface area contributed by atoms with Gasteiger partial charge in [0.15, 0.2) is 5.11 Å². The zero-order valence-corrected chi connectivity index (χ0v) is 16.1. The smallest absolute Gasteiger partial charge is 0.228 e. The molecule has 0 saturated carbocycles. The molecule has 8 heteroatoms. The van der Waals surface area contributed by atoms with Crippen LogP contribution in [-0.2, 0) is 11.2 Å². The summed E-state index contributed by atoms with van der Waals surface area (Å²) in [5.41, 5.74) is 1.63. The van der Waals surface area contributed by atoms with Crippen molar-refractivity contribution in [2.75, 3.05) is 5.32 Å². The number of rotatable bonds is 5. The van der Waals surface area contributed by atoms with Crippen LogP contribution < -0.4 is 16.0 Å². The van der Waals surface area contributed by atoms with E-state index < -0.39 is 9.96 Å². The van der Waals surface area contributed by atoms with E-state index in [1.54, 1.807) is 0 Å². The summed E-state index contributed by atoms with van der Waals surface area (Å²) in [4.78, 5) is 12.2. The molecular weight excluding hydrogens is 401 g/mol. The van der Waals surface area contributed by atoms with E-state index in [9.17, 15) is 4.79 Å². The van der Waals surface area contributed by atoms with Gasteiger partial charge >= 0.3 is 0 Å². The molecule has 132 valence electrons. The predicted octanol–water partition coefficient (Wildman–Crippen LogP) is 4.03. The van der Waals surface area contributed by atoms with Crippen LogP contribution in [0.4, 0.5) is 5.69 Å². The molecule has 0 saturated heterocycles. The number of hydrogen-bond acceptors (Lipinski definition) is 2. The molecule has 3 N–H and O–H groups in total. The lowest BCUT2D eigenvalue weighted by atomic mass is 10.1. The van der Waals surface area contributed by atoms with Crippen LogP contribution in [-0.4, -0.2) is 21.0 Å². The number of para-hydroxylation sites is 1. The number of hydrogen-bond donors (Lipinski definition) is 3. The summed E-state index contributed by atoms with van der Waals surface area (Å²) in [6, 6.07) is 18.6. The van der Waals surface area contributed by atoms with E-state index in [0.29, 0.717) is 0 Å². The molecule has 0 aromatic heterocycles. The second kappa shape index (κ2) is 9.25. The maximum Gasteiger partial charge on any atom is 0.228 e. The lowest BCUT2D eigenvalue weighted by Gasteiger charge is -2.27. The van der Waals surface area contributed by atoms with Gasteiger partial charge in [-0.05, 0) is 29.9 Å². The number of thiocarbonyl (C=S) groups is 1. The molecule has 1 amide bonds. The van der Waals surface area contributed by atoms with Gasteiger partial charge in [-0.25, -0.2) is 0 Å². The molecule has 1 unspecified atom stereocenters. The molecule has 2 rings (SSSR count). The second-order valence-corrected chi connectivity index (χ2v) is 7.95. The molecule has 0 fully saturated rings. The van der Waals surface area contributed by atoms with Gasteiger partial charge < -0.3 is 16.0 Å². The molecule has 0 bridgehead atoms. The highest BCUT2D eigenvalue weighted by atomic mass is 35.6. The van der Waals surface area contributed by atoms with Gasteiger partial charge in [0.1, 0.15) is 6.17 Å². The van der Waals surface area contributed by atoms with E-state index in [1.165, 1.54) is 0 Å². The Hall–Kier alpha value is -1.53. The number of anilines is 1. The number of alkyl halides is 3. The molecule has 4 nitrogen and oxygen atoms in total. The van der Waals surface area contributed by atoms with E-state index in [1.807, 2.05) is 60.7 Å². The van der Waals surface area contributed by atoms with Crippen LogP contribution in [0.1, 0.15) is 5.56 Å². The average Bonchev–Trinajstić information content (AvgIpc) is 2.55. The van der Waals surface area contributed by atoms with Gasteiger partial charge in [-0.2, -0.15) is 0 Å². The Labute approximate surface area is 166 Å². The van der Waals surface area contributed by atoms with E-state index in [2.05, 4.69) is 16.0 Å². The third-order valence-corrected chi connectivity index (χ3v) is 4.02. The van der Waals surface area contributed by atoms with Crippen molar-refractivity contribution in [2.45, 2.75) is 16.4 Å². The zero-order valence-electron chi connectivity index (χ0n) is 13.0. The third kappa shape index (κ3) is 7.08. The van der Waals surface area contributed by atoms with Crippen LogP contribution in [0, 0.1) is 0 Å². The number of carbonyl (C=O) groups excluding carboxylic acids is 1. The molecule has 0 heterocycles.